The molecule has 0 fully saturated rings. The second-order valence-electron chi connectivity index (χ2n) is 4.08. The summed E-state index contributed by atoms with van der Waals surface area (Å²) >= 11 is 0. The van der Waals surface area contributed by atoms with Crippen LogP contribution in [0.1, 0.15) is 11.1 Å². The largest absolute Gasteiger partial charge is 0.392 e. The van der Waals surface area contributed by atoms with Gasteiger partial charge in [0.15, 0.2) is 0 Å². The summed E-state index contributed by atoms with van der Waals surface area (Å²) in [5.74, 6) is 0.835. The highest BCUT2D eigenvalue weighted by molar-refractivity contribution is 5.60. The van der Waals surface area contributed by atoms with Crippen molar-refractivity contribution in [3.63, 3.8) is 0 Å². The first kappa shape index (κ1) is 11.6. The fourth-order valence-electron chi connectivity index (χ4n) is 1.71. The van der Waals surface area contributed by atoms with Gasteiger partial charge >= 0.3 is 0 Å². The maximum absolute atomic E-state index is 9.11. The van der Waals surface area contributed by atoms with E-state index in [1.165, 1.54) is 5.56 Å². The molecule has 0 aliphatic rings. The average Bonchev–Trinajstić information content (AvgIpc) is 2.38. The molecular weight excluding hydrogens is 212 g/mol. The van der Waals surface area contributed by atoms with Crippen molar-refractivity contribution in [3.05, 3.63) is 53.7 Å². The fourth-order valence-corrected chi connectivity index (χ4v) is 1.71. The summed E-state index contributed by atoms with van der Waals surface area (Å²) in [5.41, 5.74) is 3.18. The van der Waals surface area contributed by atoms with E-state index in [4.69, 9.17) is 5.11 Å². The number of benzene rings is 1. The summed E-state index contributed by atoms with van der Waals surface area (Å²) in [6, 6.07) is 11.9. The molecule has 0 saturated carbocycles. The summed E-state index contributed by atoms with van der Waals surface area (Å²) < 4.78 is 0. The normalized spacial score (nSPS) is 10.3. The predicted molar refractivity (Wildman–Crippen MR) is 69.4 cm³/mol. The molecule has 1 aromatic carbocycles. The highest BCUT2D eigenvalue weighted by atomic mass is 16.3. The first-order valence-electron chi connectivity index (χ1n) is 5.57. The van der Waals surface area contributed by atoms with E-state index >= 15 is 0 Å². The van der Waals surface area contributed by atoms with Gasteiger partial charge in [0.05, 0.1) is 6.61 Å². The van der Waals surface area contributed by atoms with E-state index < -0.39 is 0 Å². The fraction of sp³-hybridized carbons (Fsp3) is 0.214. The number of nitrogens with zero attached hydrogens (tertiary/aromatic N) is 2. The Balaban J connectivity index is 2.33. The van der Waals surface area contributed by atoms with Gasteiger partial charge in [-0.15, -0.1) is 0 Å². The standard InChI is InChI=1S/C14H16N2O/c1-11-4-3-5-13(8-11)16(2)14-9-12(10-17)6-7-15-14/h3-9,17H,10H2,1-2H3. The zero-order valence-electron chi connectivity index (χ0n) is 10.1. The molecule has 1 aromatic heterocycles. The Kier molecular flexibility index (Phi) is 3.40. The van der Waals surface area contributed by atoms with Gasteiger partial charge in [0, 0.05) is 18.9 Å². The van der Waals surface area contributed by atoms with Crippen LogP contribution in [0.25, 0.3) is 0 Å². The lowest BCUT2D eigenvalue weighted by atomic mass is 10.2. The summed E-state index contributed by atoms with van der Waals surface area (Å²) in [5, 5.41) is 9.11. The van der Waals surface area contributed by atoms with Crippen molar-refractivity contribution in [1.29, 1.82) is 0 Å². The minimum Gasteiger partial charge on any atom is -0.392 e. The molecule has 2 rings (SSSR count). The lowest BCUT2D eigenvalue weighted by Gasteiger charge is -2.19. The Morgan fingerprint density at radius 2 is 2.06 bits per heavy atom. The minimum atomic E-state index is 0.0389. The molecule has 0 bridgehead atoms. The van der Waals surface area contributed by atoms with Crippen molar-refractivity contribution in [1.82, 2.24) is 4.98 Å². The van der Waals surface area contributed by atoms with Crippen LogP contribution in [0.5, 0.6) is 0 Å². The molecule has 0 amide bonds. The van der Waals surface area contributed by atoms with E-state index in [-0.39, 0.29) is 6.61 Å². The lowest BCUT2D eigenvalue weighted by Crippen LogP contribution is -2.11. The third-order valence-electron chi connectivity index (χ3n) is 2.73. The van der Waals surface area contributed by atoms with Crippen molar-refractivity contribution in [2.75, 3.05) is 11.9 Å². The number of aliphatic hydroxyl groups is 1. The number of anilines is 2. The number of aryl methyl sites for hydroxylation is 1. The van der Waals surface area contributed by atoms with Crippen molar-refractivity contribution >= 4 is 11.5 Å². The van der Waals surface area contributed by atoms with E-state index in [2.05, 4.69) is 24.0 Å². The van der Waals surface area contributed by atoms with Crippen LogP contribution in [0.4, 0.5) is 11.5 Å². The van der Waals surface area contributed by atoms with Gasteiger partial charge in [-0.2, -0.15) is 0 Å². The number of rotatable bonds is 3. The maximum atomic E-state index is 9.11. The van der Waals surface area contributed by atoms with Crippen molar-refractivity contribution in [3.8, 4) is 0 Å². The lowest BCUT2D eigenvalue weighted by molar-refractivity contribution is 0.282. The summed E-state index contributed by atoms with van der Waals surface area (Å²) in [7, 11) is 1.97. The van der Waals surface area contributed by atoms with E-state index in [0.29, 0.717) is 0 Å². The minimum absolute atomic E-state index is 0.0389. The van der Waals surface area contributed by atoms with Crippen LogP contribution in [-0.4, -0.2) is 17.1 Å². The molecule has 3 nitrogen and oxygen atoms in total. The molecule has 88 valence electrons. The molecular formula is C14H16N2O. The highest BCUT2D eigenvalue weighted by Gasteiger charge is 2.05. The molecule has 0 aliphatic heterocycles. The van der Waals surface area contributed by atoms with Crippen LogP contribution in [0.15, 0.2) is 42.6 Å². The monoisotopic (exact) mass is 228 g/mol. The third kappa shape index (κ3) is 2.63. The number of hydrogen-bond acceptors (Lipinski definition) is 3. The van der Waals surface area contributed by atoms with E-state index in [1.807, 2.05) is 36.2 Å². The van der Waals surface area contributed by atoms with Crippen molar-refractivity contribution < 1.29 is 5.11 Å². The number of pyridine rings is 1. The molecule has 2 aromatic rings. The van der Waals surface area contributed by atoms with Gasteiger partial charge in [0.25, 0.3) is 0 Å². The summed E-state index contributed by atoms with van der Waals surface area (Å²) in [6.07, 6.45) is 1.72. The van der Waals surface area contributed by atoms with Gasteiger partial charge in [0.2, 0.25) is 0 Å². The summed E-state index contributed by atoms with van der Waals surface area (Å²) in [4.78, 5) is 6.31. The Morgan fingerprint density at radius 3 is 2.76 bits per heavy atom. The molecule has 0 atom stereocenters. The second kappa shape index (κ2) is 4.97. The molecule has 1 N–H and O–H groups in total. The Morgan fingerprint density at radius 1 is 1.24 bits per heavy atom. The van der Waals surface area contributed by atoms with Gasteiger partial charge in [0.1, 0.15) is 5.82 Å². The van der Waals surface area contributed by atoms with Gasteiger partial charge < -0.3 is 10.0 Å². The Labute approximate surface area is 101 Å². The molecule has 0 aliphatic carbocycles. The van der Waals surface area contributed by atoms with Gasteiger partial charge in [-0.3, -0.25) is 0 Å². The van der Waals surface area contributed by atoms with Crippen LogP contribution >= 0.6 is 0 Å². The number of aliphatic hydroxyl groups excluding tert-OH is 1. The van der Waals surface area contributed by atoms with Crippen molar-refractivity contribution in [2.45, 2.75) is 13.5 Å². The molecule has 0 saturated heterocycles. The first-order chi connectivity index (χ1) is 8.20. The van der Waals surface area contributed by atoms with E-state index in [0.717, 1.165) is 17.1 Å². The molecule has 17 heavy (non-hydrogen) atoms. The van der Waals surface area contributed by atoms with Crippen LogP contribution in [-0.2, 0) is 6.61 Å². The second-order valence-corrected chi connectivity index (χ2v) is 4.08. The van der Waals surface area contributed by atoms with Crippen molar-refractivity contribution in [2.24, 2.45) is 0 Å². The molecule has 0 radical (unpaired) electrons. The number of hydrogen-bond donors (Lipinski definition) is 1. The predicted octanol–water partition coefficient (Wildman–Crippen LogP) is 2.65. The first-order valence-corrected chi connectivity index (χ1v) is 5.57. The van der Waals surface area contributed by atoms with Gasteiger partial charge in [-0.1, -0.05) is 12.1 Å². The van der Waals surface area contributed by atoms with Crippen LogP contribution in [0, 0.1) is 6.92 Å². The molecule has 3 heteroatoms. The van der Waals surface area contributed by atoms with Crippen LogP contribution in [0.3, 0.4) is 0 Å². The topological polar surface area (TPSA) is 36.4 Å². The van der Waals surface area contributed by atoms with Gasteiger partial charge in [-0.25, -0.2) is 4.98 Å². The highest BCUT2D eigenvalue weighted by Crippen LogP contribution is 2.22. The summed E-state index contributed by atoms with van der Waals surface area (Å²) in [6.45, 7) is 2.10. The third-order valence-corrected chi connectivity index (χ3v) is 2.73. The zero-order valence-corrected chi connectivity index (χ0v) is 10.1. The van der Waals surface area contributed by atoms with Crippen LogP contribution in [0.2, 0.25) is 0 Å². The van der Waals surface area contributed by atoms with Crippen LogP contribution < -0.4 is 4.90 Å². The van der Waals surface area contributed by atoms with E-state index in [9.17, 15) is 0 Å². The zero-order chi connectivity index (χ0) is 12.3. The number of aromatic nitrogens is 1. The Bertz CT molecular complexity index is 511. The maximum Gasteiger partial charge on any atom is 0.132 e. The quantitative estimate of drug-likeness (QED) is 0.877. The Hall–Kier alpha value is -1.87. The van der Waals surface area contributed by atoms with Gasteiger partial charge in [-0.05, 0) is 42.3 Å². The molecule has 0 spiro atoms. The molecule has 0 unspecified atom stereocenters. The smallest absolute Gasteiger partial charge is 0.132 e. The molecule has 1 heterocycles. The average molecular weight is 228 g/mol. The SMILES string of the molecule is Cc1cccc(N(C)c2cc(CO)ccn2)c1. The van der Waals surface area contributed by atoms with E-state index in [1.54, 1.807) is 6.20 Å².